The van der Waals surface area contributed by atoms with Crippen LogP contribution in [0.5, 0.6) is 5.75 Å². The van der Waals surface area contributed by atoms with Gasteiger partial charge in [0.2, 0.25) is 0 Å². The van der Waals surface area contributed by atoms with Crippen molar-refractivity contribution in [2.75, 3.05) is 6.61 Å². The van der Waals surface area contributed by atoms with Crippen LogP contribution >= 0.6 is 0 Å². The number of benzene rings is 1. The molecule has 0 aliphatic rings. The highest BCUT2D eigenvalue weighted by molar-refractivity contribution is 7.80. The molecular weight excluding hydrogens is 288 g/mol. The number of hydrogen-bond donors (Lipinski definition) is 2. The molecule has 0 aromatic heterocycles. The van der Waals surface area contributed by atoms with Crippen LogP contribution in [0.4, 0.5) is 0 Å². The first-order valence-corrected chi connectivity index (χ1v) is 7.92. The van der Waals surface area contributed by atoms with Gasteiger partial charge in [0.1, 0.15) is 9.79 Å². The second-order valence-corrected chi connectivity index (χ2v) is 6.86. The van der Waals surface area contributed by atoms with Crippen molar-refractivity contribution in [2.24, 2.45) is 0 Å². The number of ether oxygens (including phenoxy) is 1. The van der Waals surface area contributed by atoms with Gasteiger partial charge in [-0.15, -0.1) is 0 Å². The molecule has 0 saturated heterocycles. The molecule has 0 spiro atoms. The van der Waals surface area contributed by atoms with Gasteiger partial charge < -0.3 is 13.8 Å². The van der Waals surface area contributed by atoms with Gasteiger partial charge in [-0.25, -0.2) is 8.42 Å². The molecule has 0 saturated carbocycles. The molecule has 5 nitrogen and oxygen atoms in total. The van der Waals surface area contributed by atoms with Gasteiger partial charge >= 0.3 is 0 Å². The lowest BCUT2D eigenvalue weighted by molar-refractivity contribution is 0.320. The van der Waals surface area contributed by atoms with Crippen molar-refractivity contribution in [2.45, 2.75) is 42.9 Å². The first kappa shape index (κ1) is 16.3. The minimum absolute atomic E-state index is 0.0113. The summed E-state index contributed by atoms with van der Waals surface area (Å²) in [7, 11) is 0. The lowest BCUT2D eigenvalue weighted by Gasteiger charge is -2.22. The average molecular weight is 306 g/mol. The maximum Gasteiger partial charge on any atom is 0.190 e. The molecule has 19 heavy (non-hydrogen) atoms. The van der Waals surface area contributed by atoms with Crippen molar-refractivity contribution in [3.63, 3.8) is 0 Å². The van der Waals surface area contributed by atoms with E-state index in [1.165, 1.54) is 12.1 Å². The Hall–Kier alpha value is -0.760. The summed E-state index contributed by atoms with van der Waals surface area (Å²) in [6.07, 6.45) is 0. The maximum atomic E-state index is 11.4. The Kier molecular flexibility index (Phi) is 5.26. The first-order valence-electron chi connectivity index (χ1n) is 5.71. The summed E-state index contributed by atoms with van der Waals surface area (Å²) < 4.78 is 46.7. The molecule has 2 N–H and O–H groups in total. The van der Waals surface area contributed by atoms with Crippen LogP contribution in [0.1, 0.15) is 33.3 Å². The topological polar surface area (TPSA) is 83.8 Å². The fourth-order valence-corrected chi connectivity index (χ4v) is 2.73. The highest BCUT2D eigenvalue weighted by Gasteiger charge is 2.24. The molecule has 1 aromatic carbocycles. The second-order valence-electron chi connectivity index (χ2n) is 4.98. The molecule has 0 heterocycles. The minimum atomic E-state index is -2.28. The SMILES string of the molecule is CCOc1c(S(=O)O)cc(C(C)(C)C)cc1S(=O)O. The van der Waals surface area contributed by atoms with E-state index < -0.39 is 22.2 Å². The molecule has 2 atom stereocenters. The van der Waals surface area contributed by atoms with Crippen LogP contribution in [0.25, 0.3) is 0 Å². The molecule has 0 bridgehead atoms. The zero-order chi connectivity index (χ0) is 14.8. The van der Waals surface area contributed by atoms with E-state index in [0.29, 0.717) is 5.56 Å². The molecule has 0 amide bonds. The van der Waals surface area contributed by atoms with E-state index >= 15 is 0 Å². The fourth-order valence-electron chi connectivity index (χ4n) is 1.56. The Balaban J connectivity index is 3.62. The van der Waals surface area contributed by atoms with Gasteiger partial charge in [-0.1, -0.05) is 20.8 Å². The normalized spacial score (nSPS) is 15.1. The zero-order valence-corrected chi connectivity index (χ0v) is 12.9. The Morgan fingerprint density at radius 2 is 1.53 bits per heavy atom. The van der Waals surface area contributed by atoms with Crippen LogP contribution in [0.2, 0.25) is 0 Å². The van der Waals surface area contributed by atoms with Gasteiger partial charge in [-0.3, -0.25) is 0 Å². The lowest BCUT2D eigenvalue weighted by atomic mass is 9.87. The zero-order valence-electron chi connectivity index (χ0n) is 11.3. The second kappa shape index (κ2) is 6.13. The van der Waals surface area contributed by atoms with Gasteiger partial charge in [0.25, 0.3) is 0 Å². The predicted octanol–water partition coefficient (Wildman–Crippen LogP) is 2.54. The van der Waals surface area contributed by atoms with Gasteiger partial charge in [-0.05, 0) is 30.0 Å². The standard InChI is InChI=1S/C12H18O5S2/c1-5-17-11-9(18(13)14)6-8(12(2,3)4)7-10(11)19(15)16/h6-7H,5H2,1-4H3,(H,13,14)(H,15,16). The summed E-state index contributed by atoms with van der Waals surface area (Å²) in [4.78, 5) is 0.0401. The summed E-state index contributed by atoms with van der Waals surface area (Å²) in [5.74, 6) is 0.0113. The van der Waals surface area contributed by atoms with Crippen molar-refractivity contribution >= 4 is 22.2 Å². The van der Waals surface area contributed by atoms with Crippen molar-refractivity contribution in [3.8, 4) is 5.75 Å². The Labute approximate surface area is 117 Å². The third kappa shape index (κ3) is 3.85. The van der Waals surface area contributed by atoms with Gasteiger partial charge in [-0.2, -0.15) is 0 Å². The summed E-state index contributed by atoms with van der Waals surface area (Å²) in [5, 5.41) is 0. The van der Waals surface area contributed by atoms with Crippen molar-refractivity contribution in [3.05, 3.63) is 17.7 Å². The summed E-state index contributed by atoms with van der Waals surface area (Å²) >= 11 is -4.57. The third-order valence-electron chi connectivity index (χ3n) is 2.55. The minimum Gasteiger partial charge on any atom is -0.491 e. The molecule has 1 rings (SSSR count). The smallest absolute Gasteiger partial charge is 0.190 e. The van der Waals surface area contributed by atoms with Crippen LogP contribution in [0.15, 0.2) is 21.9 Å². The average Bonchev–Trinajstić information content (AvgIpc) is 2.27. The van der Waals surface area contributed by atoms with Crippen molar-refractivity contribution in [1.82, 2.24) is 0 Å². The van der Waals surface area contributed by atoms with Crippen LogP contribution in [-0.2, 0) is 27.6 Å². The van der Waals surface area contributed by atoms with Crippen LogP contribution in [0.3, 0.4) is 0 Å². The quantitative estimate of drug-likeness (QED) is 0.835. The van der Waals surface area contributed by atoms with E-state index in [9.17, 15) is 17.5 Å². The Morgan fingerprint density at radius 1 is 1.11 bits per heavy atom. The van der Waals surface area contributed by atoms with Gasteiger partial charge in [0.05, 0.1) is 6.61 Å². The van der Waals surface area contributed by atoms with Crippen LogP contribution in [0, 0.1) is 0 Å². The fraction of sp³-hybridized carbons (Fsp3) is 0.500. The van der Waals surface area contributed by atoms with E-state index in [4.69, 9.17) is 4.74 Å². The molecule has 1 aromatic rings. The summed E-state index contributed by atoms with van der Waals surface area (Å²) in [6, 6.07) is 3.08. The van der Waals surface area contributed by atoms with E-state index in [1.54, 1.807) is 6.92 Å². The molecule has 108 valence electrons. The van der Waals surface area contributed by atoms with Crippen molar-refractivity contribution < 1.29 is 22.3 Å². The predicted molar refractivity (Wildman–Crippen MR) is 74.4 cm³/mol. The van der Waals surface area contributed by atoms with Gasteiger partial charge in [0.15, 0.2) is 27.9 Å². The molecule has 2 unspecified atom stereocenters. The molecule has 0 aliphatic heterocycles. The lowest BCUT2D eigenvalue weighted by Crippen LogP contribution is -2.14. The summed E-state index contributed by atoms with van der Waals surface area (Å²) in [5.41, 5.74) is 0.387. The molecule has 7 heteroatoms. The third-order valence-corrected chi connectivity index (χ3v) is 3.91. The maximum absolute atomic E-state index is 11.4. The molecular formula is C12H18O5S2. The molecule has 0 aliphatic carbocycles. The Bertz CT molecular complexity index is 484. The highest BCUT2D eigenvalue weighted by atomic mass is 32.2. The molecule has 0 fully saturated rings. The van der Waals surface area contributed by atoms with Crippen LogP contribution < -0.4 is 4.74 Å². The monoisotopic (exact) mass is 306 g/mol. The van der Waals surface area contributed by atoms with E-state index in [1.807, 2.05) is 20.8 Å². The van der Waals surface area contributed by atoms with E-state index in [0.717, 1.165) is 0 Å². The van der Waals surface area contributed by atoms with Crippen LogP contribution in [-0.4, -0.2) is 24.1 Å². The summed E-state index contributed by atoms with van der Waals surface area (Å²) in [6.45, 7) is 7.68. The Morgan fingerprint density at radius 3 is 1.79 bits per heavy atom. The first-order chi connectivity index (χ1) is 8.68. The number of rotatable bonds is 4. The van der Waals surface area contributed by atoms with Gasteiger partial charge in [0, 0.05) is 0 Å². The van der Waals surface area contributed by atoms with E-state index in [2.05, 4.69) is 0 Å². The van der Waals surface area contributed by atoms with E-state index in [-0.39, 0.29) is 27.6 Å². The number of hydrogen-bond acceptors (Lipinski definition) is 3. The van der Waals surface area contributed by atoms with Crippen molar-refractivity contribution in [1.29, 1.82) is 0 Å². The largest absolute Gasteiger partial charge is 0.491 e. The highest BCUT2D eigenvalue weighted by Crippen LogP contribution is 2.35. The molecule has 0 radical (unpaired) electrons.